The zero-order valence-corrected chi connectivity index (χ0v) is 15.3. The Morgan fingerprint density at radius 3 is 2.78 bits per heavy atom. The van der Waals surface area contributed by atoms with E-state index in [0.717, 1.165) is 25.9 Å². The first-order chi connectivity index (χ1) is 10.6. The van der Waals surface area contributed by atoms with Gasteiger partial charge in [-0.25, -0.2) is 0 Å². The summed E-state index contributed by atoms with van der Waals surface area (Å²) in [5.74, 6) is 0.922. The van der Waals surface area contributed by atoms with Crippen LogP contribution in [0.3, 0.4) is 0 Å². The fraction of sp³-hybridized carbons (Fsp3) is 0.562. The first-order valence-corrected chi connectivity index (χ1v) is 7.94. The predicted molar refractivity (Wildman–Crippen MR) is 94.4 cm³/mol. The van der Waals surface area contributed by atoms with Crippen LogP contribution < -0.4 is 14.8 Å². The number of carbonyl (C=O) groups is 1. The Morgan fingerprint density at radius 2 is 2.22 bits per heavy atom. The summed E-state index contributed by atoms with van der Waals surface area (Å²) in [6.45, 7) is 4.33. The molecule has 1 aliphatic rings. The van der Waals surface area contributed by atoms with E-state index in [9.17, 15) is 4.79 Å². The molecule has 130 valence electrons. The molecule has 1 heterocycles. The van der Waals surface area contributed by atoms with Gasteiger partial charge in [-0.05, 0) is 31.5 Å². The molecule has 1 amide bonds. The number of methoxy groups -OCH3 is 1. The number of ether oxygens (including phenoxy) is 2. The number of amides is 1. The van der Waals surface area contributed by atoms with Gasteiger partial charge in [-0.1, -0.05) is 18.5 Å². The minimum Gasteiger partial charge on any atom is -0.493 e. The van der Waals surface area contributed by atoms with E-state index in [2.05, 4.69) is 5.32 Å². The van der Waals surface area contributed by atoms with E-state index in [-0.39, 0.29) is 24.4 Å². The maximum atomic E-state index is 12.6. The summed E-state index contributed by atoms with van der Waals surface area (Å²) in [6.07, 6.45) is 1.84. The molecule has 0 aliphatic carbocycles. The molecule has 1 atom stereocenters. The fourth-order valence-electron chi connectivity index (χ4n) is 2.53. The molecule has 1 aliphatic heterocycles. The zero-order valence-electron chi connectivity index (χ0n) is 13.7. The monoisotopic (exact) mass is 362 g/mol. The van der Waals surface area contributed by atoms with E-state index in [1.165, 1.54) is 0 Å². The zero-order chi connectivity index (χ0) is 16.1. The van der Waals surface area contributed by atoms with Crippen LogP contribution in [-0.4, -0.2) is 50.7 Å². The van der Waals surface area contributed by atoms with Crippen molar-refractivity contribution in [2.75, 3.05) is 33.9 Å². The van der Waals surface area contributed by atoms with Gasteiger partial charge in [-0.15, -0.1) is 12.4 Å². The number of likely N-dealkylation sites (N-methyl/N-ethyl adjacent to an activating group) is 1. The average molecular weight is 363 g/mol. The van der Waals surface area contributed by atoms with Crippen LogP contribution in [-0.2, 0) is 0 Å². The molecule has 7 heteroatoms. The summed E-state index contributed by atoms with van der Waals surface area (Å²) in [7, 11) is 3.37. The van der Waals surface area contributed by atoms with Gasteiger partial charge in [-0.3, -0.25) is 4.79 Å². The van der Waals surface area contributed by atoms with Crippen molar-refractivity contribution in [1.82, 2.24) is 10.2 Å². The highest BCUT2D eigenvalue weighted by atomic mass is 35.5. The van der Waals surface area contributed by atoms with E-state index in [0.29, 0.717) is 28.7 Å². The summed E-state index contributed by atoms with van der Waals surface area (Å²) in [5, 5.41) is 3.66. The van der Waals surface area contributed by atoms with E-state index in [4.69, 9.17) is 21.1 Å². The van der Waals surface area contributed by atoms with E-state index in [1.54, 1.807) is 24.1 Å². The second-order valence-electron chi connectivity index (χ2n) is 5.40. The normalized spacial score (nSPS) is 16.6. The van der Waals surface area contributed by atoms with Gasteiger partial charge in [0, 0.05) is 25.2 Å². The molecular weight excluding hydrogens is 339 g/mol. The fourth-order valence-corrected chi connectivity index (χ4v) is 2.79. The number of nitrogens with one attached hydrogen (secondary N) is 1. The highest BCUT2D eigenvalue weighted by Crippen LogP contribution is 2.37. The molecule has 23 heavy (non-hydrogen) atoms. The highest BCUT2D eigenvalue weighted by molar-refractivity contribution is 6.32. The summed E-state index contributed by atoms with van der Waals surface area (Å²) >= 11 is 6.27. The molecule has 2 rings (SSSR count). The van der Waals surface area contributed by atoms with Crippen LogP contribution >= 0.6 is 24.0 Å². The molecule has 1 unspecified atom stereocenters. The third-order valence-electron chi connectivity index (χ3n) is 3.83. The Morgan fingerprint density at radius 1 is 1.48 bits per heavy atom. The Hall–Kier alpha value is -1.17. The lowest BCUT2D eigenvalue weighted by Crippen LogP contribution is -2.38. The number of halogens is 2. The molecular formula is C16H24Cl2N2O3. The molecule has 1 aromatic rings. The first-order valence-electron chi connectivity index (χ1n) is 7.56. The molecule has 1 aromatic carbocycles. The van der Waals surface area contributed by atoms with Crippen molar-refractivity contribution in [3.05, 3.63) is 22.7 Å². The number of rotatable bonds is 6. The molecule has 0 saturated carbocycles. The van der Waals surface area contributed by atoms with E-state index in [1.807, 2.05) is 14.0 Å². The van der Waals surface area contributed by atoms with Crippen molar-refractivity contribution >= 4 is 29.9 Å². The smallest absolute Gasteiger partial charge is 0.254 e. The Bertz CT molecular complexity index is 534. The second kappa shape index (κ2) is 9.21. The quantitative estimate of drug-likeness (QED) is 0.844. The van der Waals surface area contributed by atoms with Crippen LogP contribution in [0.5, 0.6) is 11.5 Å². The summed E-state index contributed by atoms with van der Waals surface area (Å²) in [4.78, 5) is 14.4. The summed E-state index contributed by atoms with van der Waals surface area (Å²) in [5.41, 5.74) is 0.514. The second-order valence-corrected chi connectivity index (χ2v) is 5.81. The third kappa shape index (κ3) is 4.66. The van der Waals surface area contributed by atoms with Crippen molar-refractivity contribution in [2.24, 2.45) is 0 Å². The van der Waals surface area contributed by atoms with Gasteiger partial charge >= 0.3 is 0 Å². The van der Waals surface area contributed by atoms with Gasteiger partial charge in [0.05, 0.1) is 18.7 Å². The van der Waals surface area contributed by atoms with Gasteiger partial charge < -0.3 is 19.7 Å². The van der Waals surface area contributed by atoms with Crippen LogP contribution in [0.15, 0.2) is 12.1 Å². The maximum Gasteiger partial charge on any atom is 0.254 e. The topological polar surface area (TPSA) is 50.8 Å². The highest BCUT2D eigenvalue weighted by Gasteiger charge is 2.25. The first kappa shape index (κ1) is 19.9. The predicted octanol–water partition coefficient (Wildman–Crippen LogP) is 2.99. The van der Waals surface area contributed by atoms with Crippen molar-refractivity contribution in [3.8, 4) is 11.5 Å². The van der Waals surface area contributed by atoms with Gasteiger partial charge in [-0.2, -0.15) is 0 Å². The van der Waals surface area contributed by atoms with Crippen LogP contribution in [0.4, 0.5) is 0 Å². The Kier molecular flexibility index (Phi) is 7.95. The largest absolute Gasteiger partial charge is 0.493 e. The molecule has 0 bridgehead atoms. The van der Waals surface area contributed by atoms with Crippen LogP contribution in [0.1, 0.15) is 30.1 Å². The summed E-state index contributed by atoms with van der Waals surface area (Å²) in [6, 6.07) is 3.56. The number of carbonyl (C=O) groups excluding carboxylic acids is 1. The molecule has 5 nitrogen and oxygen atoms in total. The van der Waals surface area contributed by atoms with Crippen LogP contribution in [0.2, 0.25) is 5.02 Å². The molecule has 0 spiro atoms. The molecule has 1 saturated heterocycles. The summed E-state index contributed by atoms with van der Waals surface area (Å²) < 4.78 is 10.9. The van der Waals surface area contributed by atoms with E-state index < -0.39 is 0 Å². The van der Waals surface area contributed by atoms with Gasteiger partial charge in [0.25, 0.3) is 5.91 Å². The molecule has 0 aromatic heterocycles. The lowest BCUT2D eigenvalue weighted by molar-refractivity contribution is 0.0743. The van der Waals surface area contributed by atoms with Gasteiger partial charge in [0.1, 0.15) is 0 Å². The lowest BCUT2D eigenvalue weighted by atomic mass is 10.1. The Balaban J connectivity index is 0.00000264. The number of nitrogens with zero attached hydrogens (tertiary/aromatic N) is 1. The average Bonchev–Trinajstić information content (AvgIpc) is 3.06. The minimum absolute atomic E-state index is 0. The third-order valence-corrected chi connectivity index (χ3v) is 4.11. The van der Waals surface area contributed by atoms with Crippen molar-refractivity contribution in [2.45, 2.75) is 25.8 Å². The molecule has 0 radical (unpaired) electrons. The number of benzene rings is 1. The molecule has 1 fully saturated rings. The minimum atomic E-state index is -0.0593. The lowest BCUT2D eigenvalue weighted by Gasteiger charge is -2.24. The SMILES string of the molecule is CCCOc1c(Cl)cc(C(=O)N(C)C2CCNC2)cc1OC.Cl. The van der Waals surface area contributed by atoms with Crippen molar-refractivity contribution < 1.29 is 14.3 Å². The molecule has 1 N–H and O–H groups in total. The standard InChI is InChI=1S/C16H23ClN2O3.ClH/c1-4-7-22-15-13(17)8-11(9-14(15)21-3)16(20)19(2)12-5-6-18-10-12;/h8-9,12,18H,4-7,10H2,1-3H3;1H. The van der Waals surface area contributed by atoms with Crippen LogP contribution in [0, 0.1) is 0 Å². The Labute approximate surface area is 148 Å². The van der Waals surface area contributed by atoms with Gasteiger partial charge in [0.2, 0.25) is 0 Å². The maximum absolute atomic E-state index is 12.6. The van der Waals surface area contributed by atoms with E-state index >= 15 is 0 Å². The van der Waals surface area contributed by atoms with Crippen molar-refractivity contribution in [1.29, 1.82) is 0 Å². The number of hydrogen-bond donors (Lipinski definition) is 1. The van der Waals surface area contributed by atoms with Crippen molar-refractivity contribution in [3.63, 3.8) is 0 Å². The van der Waals surface area contributed by atoms with Gasteiger partial charge in [0.15, 0.2) is 11.5 Å². The van der Waals surface area contributed by atoms with Crippen LogP contribution in [0.25, 0.3) is 0 Å². The number of hydrogen-bond acceptors (Lipinski definition) is 4.